The number of rotatable bonds is 5. The van der Waals surface area contributed by atoms with Gasteiger partial charge in [0, 0.05) is 38.9 Å². The van der Waals surface area contributed by atoms with Crippen LogP contribution in [0.5, 0.6) is 0 Å². The van der Waals surface area contributed by atoms with Gasteiger partial charge in [0.05, 0.1) is 22.2 Å². The highest BCUT2D eigenvalue weighted by molar-refractivity contribution is 6.15. The van der Waals surface area contributed by atoms with E-state index in [9.17, 15) is 0 Å². The van der Waals surface area contributed by atoms with Crippen molar-refractivity contribution in [2.24, 2.45) is 0 Å². The van der Waals surface area contributed by atoms with E-state index in [1.54, 1.807) is 0 Å². The van der Waals surface area contributed by atoms with E-state index < -0.39 is 0 Å². The molecule has 0 aliphatic rings. The highest BCUT2D eigenvalue weighted by Crippen LogP contribution is 2.39. The molecular formula is C44H28N6. The van der Waals surface area contributed by atoms with Gasteiger partial charge in [0.2, 0.25) is 5.95 Å². The third-order valence-electron chi connectivity index (χ3n) is 9.46. The third kappa shape index (κ3) is 4.36. The molecule has 0 spiro atoms. The van der Waals surface area contributed by atoms with Gasteiger partial charge in [0.15, 0.2) is 11.6 Å². The first-order chi connectivity index (χ1) is 24.8. The van der Waals surface area contributed by atoms with Crippen molar-refractivity contribution in [1.29, 1.82) is 0 Å². The fourth-order valence-electron chi connectivity index (χ4n) is 7.29. The van der Waals surface area contributed by atoms with Crippen LogP contribution in [0.2, 0.25) is 0 Å². The molecule has 0 fully saturated rings. The Bertz CT molecular complexity index is 2820. The molecule has 0 N–H and O–H groups in total. The summed E-state index contributed by atoms with van der Waals surface area (Å²) in [4.78, 5) is 20.5. The minimum absolute atomic E-state index is 0.556. The smallest absolute Gasteiger partial charge is 0.238 e. The highest BCUT2D eigenvalue weighted by atomic mass is 15.2. The zero-order valence-corrected chi connectivity index (χ0v) is 26.8. The van der Waals surface area contributed by atoms with Crippen LogP contribution in [0.3, 0.4) is 0 Å². The van der Waals surface area contributed by atoms with Crippen LogP contribution in [-0.4, -0.2) is 29.1 Å². The van der Waals surface area contributed by atoms with Gasteiger partial charge in [-0.3, -0.25) is 9.13 Å². The second kappa shape index (κ2) is 11.4. The van der Waals surface area contributed by atoms with E-state index in [4.69, 9.17) is 19.9 Å². The predicted molar refractivity (Wildman–Crippen MR) is 203 cm³/mol. The van der Waals surface area contributed by atoms with E-state index in [-0.39, 0.29) is 0 Å². The molecule has 234 valence electrons. The summed E-state index contributed by atoms with van der Waals surface area (Å²) in [6.07, 6.45) is 1.85. The van der Waals surface area contributed by atoms with Crippen molar-refractivity contribution in [3.63, 3.8) is 0 Å². The van der Waals surface area contributed by atoms with Crippen LogP contribution in [0.4, 0.5) is 0 Å². The number of hydrogen-bond acceptors (Lipinski definition) is 4. The van der Waals surface area contributed by atoms with Gasteiger partial charge in [0.25, 0.3) is 0 Å². The van der Waals surface area contributed by atoms with Crippen LogP contribution in [0.25, 0.3) is 89.3 Å². The Hall–Kier alpha value is -6.92. The summed E-state index contributed by atoms with van der Waals surface area (Å²) in [5.74, 6) is 1.74. The van der Waals surface area contributed by atoms with E-state index in [0.29, 0.717) is 17.6 Å². The van der Waals surface area contributed by atoms with Crippen LogP contribution in [0.15, 0.2) is 170 Å². The second-order valence-electron chi connectivity index (χ2n) is 12.3. The molecule has 0 aliphatic heterocycles. The largest absolute Gasteiger partial charge is 0.293 e. The molecule has 50 heavy (non-hydrogen) atoms. The van der Waals surface area contributed by atoms with Crippen molar-refractivity contribution in [2.75, 3.05) is 0 Å². The monoisotopic (exact) mass is 640 g/mol. The van der Waals surface area contributed by atoms with Gasteiger partial charge >= 0.3 is 0 Å². The summed E-state index contributed by atoms with van der Waals surface area (Å²) in [7, 11) is 0. The lowest BCUT2D eigenvalue weighted by Gasteiger charge is -2.15. The summed E-state index contributed by atoms with van der Waals surface area (Å²) < 4.78 is 4.40. The first-order valence-corrected chi connectivity index (χ1v) is 16.7. The molecule has 0 saturated carbocycles. The topological polar surface area (TPSA) is 61.4 Å². The van der Waals surface area contributed by atoms with E-state index in [1.165, 1.54) is 5.56 Å². The number of nitrogens with zero attached hydrogens (tertiary/aromatic N) is 6. The molecule has 4 aromatic heterocycles. The summed E-state index contributed by atoms with van der Waals surface area (Å²) in [5, 5.41) is 4.54. The fourth-order valence-corrected chi connectivity index (χ4v) is 7.29. The Kier molecular flexibility index (Phi) is 6.39. The molecule has 10 rings (SSSR count). The molecule has 10 aromatic rings. The van der Waals surface area contributed by atoms with Crippen LogP contribution < -0.4 is 0 Å². The Balaban J connectivity index is 1.28. The van der Waals surface area contributed by atoms with Crippen LogP contribution >= 0.6 is 0 Å². The van der Waals surface area contributed by atoms with Gasteiger partial charge in [-0.25, -0.2) is 9.97 Å². The Morgan fingerprint density at radius 3 is 1.80 bits per heavy atom. The van der Waals surface area contributed by atoms with Gasteiger partial charge in [-0.2, -0.15) is 9.97 Å². The molecule has 6 heteroatoms. The van der Waals surface area contributed by atoms with Crippen molar-refractivity contribution in [3.8, 4) is 45.5 Å². The molecule has 0 saturated heterocycles. The number of aromatic nitrogens is 6. The predicted octanol–water partition coefficient (Wildman–Crippen LogP) is 10.5. The molecular weight excluding hydrogens is 613 g/mol. The first-order valence-electron chi connectivity index (χ1n) is 16.7. The average molecular weight is 641 g/mol. The maximum Gasteiger partial charge on any atom is 0.238 e. The molecule has 6 aromatic carbocycles. The minimum Gasteiger partial charge on any atom is -0.293 e. The van der Waals surface area contributed by atoms with Crippen molar-refractivity contribution >= 4 is 43.7 Å². The van der Waals surface area contributed by atoms with Crippen LogP contribution in [0, 0.1) is 0 Å². The second-order valence-corrected chi connectivity index (χ2v) is 12.3. The molecule has 0 bridgehead atoms. The van der Waals surface area contributed by atoms with Crippen molar-refractivity contribution < 1.29 is 0 Å². The number of pyridine rings is 1. The van der Waals surface area contributed by atoms with E-state index in [0.717, 1.165) is 66.1 Å². The Morgan fingerprint density at radius 1 is 0.380 bits per heavy atom. The molecule has 4 heterocycles. The molecule has 0 unspecified atom stereocenters. The van der Waals surface area contributed by atoms with Crippen molar-refractivity contribution in [1.82, 2.24) is 29.1 Å². The standard InChI is InChI=1S/C44H28N6/c1-3-15-29(16-4-1)31-22-13-27-39-40(31)34-20-8-11-25-37(34)50(39)44-47-41(30-17-5-2-6-18-30)46-42(48-44)35-21-9-12-26-38(35)49-36-24-10-7-19-32(36)33-23-14-28-45-43(33)49/h1-28H. The minimum atomic E-state index is 0.556. The third-order valence-corrected chi connectivity index (χ3v) is 9.46. The number of benzene rings is 6. The van der Waals surface area contributed by atoms with E-state index >= 15 is 0 Å². The number of fused-ring (bicyclic) bond motifs is 6. The zero-order chi connectivity index (χ0) is 33.0. The lowest BCUT2D eigenvalue weighted by molar-refractivity contribution is 0.951. The first kappa shape index (κ1) is 28.1. The van der Waals surface area contributed by atoms with Gasteiger partial charge in [-0.15, -0.1) is 0 Å². The van der Waals surface area contributed by atoms with Crippen LogP contribution in [0.1, 0.15) is 0 Å². The molecule has 0 aliphatic carbocycles. The van der Waals surface area contributed by atoms with Crippen molar-refractivity contribution in [2.45, 2.75) is 0 Å². The Labute approximate surface area is 287 Å². The summed E-state index contributed by atoms with van der Waals surface area (Å²) >= 11 is 0. The summed E-state index contributed by atoms with van der Waals surface area (Å²) in [6.45, 7) is 0. The highest BCUT2D eigenvalue weighted by Gasteiger charge is 2.22. The van der Waals surface area contributed by atoms with Gasteiger partial charge in [-0.05, 0) is 53.6 Å². The number of para-hydroxylation sites is 3. The average Bonchev–Trinajstić information content (AvgIpc) is 3.72. The quantitative estimate of drug-likeness (QED) is 0.188. The van der Waals surface area contributed by atoms with Crippen molar-refractivity contribution in [3.05, 3.63) is 170 Å². The van der Waals surface area contributed by atoms with E-state index in [2.05, 4.69) is 130 Å². The van der Waals surface area contributed by atoms with E-state index in [1.807, 2.05) is 48.7 Å². The van der Waals surface area contributed by atoms with Gasteiger partial charge < -0.3 is 0 Å². The summed E-state index contributed by atoms with van der Waals surface area (Å²) in [5.41, 5.74) is 9.09. The Morgan fingerprint density at radius 2 is 0.980 bits per heavy atom. The lowest BCUT2D eigenvalue weighted by atomic mass is 9.99. The van der Waals surface area contributed by atoms with Crippen LogP contribution in [-0.2, 0) is 0 Å². The molecule has 0 amide bonds. The van der Waals surface area contributed by atoms with Gasteiger partial charge in [0.1, 0.15) is 5.65 Å². The lowest BCUT2D eigenvalue weighted by Crippen LogP contribution is -2.08. The van der Waals surface area contributed by atoms with Gasteiger partial charge in [-0.1, -0.05) is 121 Å². The molecule has 0 radical (unpaired) electrons. The maximum atomic E-state index is 5.31. The SMILES string of the molecule is c1ccc(-c2nc(-c3ccccc3-n3c4ccccc4c4cccnc43)nc(-n3c4ccccc4c4c(-c5ccccc5)cccc43)n2)cc1. The zero-order valence-electron chi connectivity index (χ0n) is 26.8. The normalized spacial score (nSPS) is 11.6. The molecule has 6 nitrogen and oxygen atoms in total. The maximum absolute atomic E-state index is 5.31. The molecule has 0 atom stereocenters. The number of hydrogen-bond donors (Lipinski definition) is 0. The fraction of sp³-hybridized carbons (Fsp3) is 0. The summed E-state index contributed by atoms with van der Waals surface area (Å²) in [6, 6.07) is 56.5.